The van der Waals surface area contributed by atoms with Gasteiger partial charge in [0.1, 0.15) is 24.2 Å². The Labute approximate surface area is 147 Å². The number of aliphatic hydroxyl groups is 1. The van der Waals surface area contributed by atoms with Crippen molar-refractivity contribution in [3.8, 4) is 5.75 Å². The molecule has 1 aliphatic heterocycles. The second-order valence-electron chi connectivity index (χ2n) is 6.58. The molecule has 0 aliphatic carbocycles. The summed E-state index contributed by atoms with van der Waals surface area (Å²) in [5.41, 5.74) is 3.28. The Morgan fingerprint density at radius 3 is 2.88 bits per heavy atom. The van der Waals surface area contributed by atoms with Gasteiger partial charge in [-0.15, -0.1) is 0 Å². The molecule has 0 saturated carbocycles. The summed E-state index contributed by atoms with van der Waals surface area (Å²) >= 11 is 0. The third-order valence-corrected chi connectivity index (χ3v) is 4.61. The van der Waals surface area contributed by atoms with Gasteiger partial charge in [-0.2, -0.15) is 0 Å². The molecular formula is C19H24N2O4. The van der Waals surface area contributed by atoms with Crippen LogP contribution in [0.2, 0.25) is 0 Å². The van der Waals surface area contributed by atoms with E-state index in [4.69, 9.17) is 9.15 Å². The summed E-state index contributed by atoms with van der Waals surface area (Å²) in [6, 6.07) is 6.83. The van der Waals surface area contributed by atoms with Crippen molar-refractivity contribution in [2.24, 2.45) is 0 Å². The maximum atomic E-state index is 12.3. The first-order valence-electron chi connectivity index (χ1n) is 8.47. The molecule has 6 heteroatoms. The quantitative estimate of drug-likeness (QED) is 0.778. The number of furan rings is 1. The van der Waals surface area contributed by atoms with E-state index in [1.165, 1.54) is 11.8 Å². The first-order chi connectivity index (χ1) is 12.0. The number of urea groups is 1. The molecule has 0 unspecified atom stereocenters. The van der Waals surface area contributed by atoms with E-state index in [1.54, 1.807) is 12.1 Å². The molecule has 0 bridgehead atoms. The largest absolute Gasteiger partial charge is 0.490 e. The third-order valence-electron chi connectivity index (χ3n) is 4.61. The SMILES string of the molecule is Cc1ccc2c(c1C)OC[C@@H]2NC(=O)N[C@H](C)C[C@@H](O)c1ccco1. The highest BCUT2D eigenvalue weighted by molar-refractivity contribution is 5.75. The Morgan fingerprint density at radius 1 is 1.36 bits per heavy atom. The van der Waals surface area contributed by atoms with Gasteiger partial charge in [-0.05, 0) is 44.0 Å². The van der Waals surface area contributed by atoms with Crippen LogP contribution in [0.4, 0.5) is 4.79 Å². The Balaban J connectivity index is 1.55. The van der Waals surface area contributed by atoms with Crippen LogP contribution >= 0.6 is 0 Å². The normalized spacial score (nSPS) is 18.2. The summed E-state index contributed by atoms with van der Waals surface area (Å²) in [6.45, 7) is 6.34. The number of carbonyl (C=O) groups excluding carboxylic acids is 1. The van der Waals surface area contributed by atoms with Crippen LogP contribution < -0.4 is 15.4 Å². The van der Waals surface area contributed by atoms with Crippen molar-refractivity contribution in [1.82, 2.24) is 10.6 Å². The molecule has 0 fully saturated rings. The number of ether oxygens (including phenoxy) is 1. The standard InChI is InChI=1S/C19H24N2O4/c1-11-6-7-14-15(10-25-18(14)13(11)3)21-19(23)20-12(2)9-16(22)17-5-4-8-24-17/h4-8,12,15-16,22H,9-10H2,1-3H3,(H2,20,21,23)/t12-,15+,16-/m1/s1. The van der Waals surface area contributed by atoms with E-state index in [2.05, 4.69) is 10.6 Å². The Kier molecular flexibility index (Phi) is 4.99. The zero-order valence-corrected chi connectivity index (χ0v) is 14.7. The fraction of sp³-hybridized carbons (Fsp3) is 0.421. The van der Waals surface area contributed by atoms with E-state index in [9.17, 15) is 9.90 Å². The second kappa shape index (κ2) is 7.19. The van der Waals surface area contributed by atoms with Crippen LogP contribution in [0.25, 0.3) is 0 Å². The van der Waals surface area contributed by atoms with E-state index in [1.807, 2.05) is 32.9 Å². The zero-order valence-electron chi connectivity index (χ0n) is 14.7. The number of rotatable bonds is 5. The second-order valence-corrected chi connectivity index (χ2v) is 6.58. The third kappa shape index (κ3) is 3.79. The fourth-order valence-corrected chi connectivity index (χ4v) is 3.07. The number of carbonyl (C=O) groups is 1. The van der Waals surface area contributed by atoms with E-state index in [0.717, 1.165) is 16.9 Å². The summed E-state index contributed by atoms with van der Waals surface area (Å²) < 4.78 is 10.9. The van der Waals surface area contributed by atoms with Gasteiger partial charge in [-0.1, -0.05) is 12.1 Å². The molecule has 2 aromatic rings. The topological polar surface area (TPSA) is 83.7 Å². The molecule has 3 N–H and O–H groups in total. The van der Waals surface area contributed by atoms with Crippen molar-refractivity contribution in [3.63, 3.8) is 0 Å². The molecule has 2 heterocycles. The van der Waals surface area contributed by atoms with E-state index in [0.29, 0.717) is 18.8 Å². The molecule has 6 nitrogen and oxygen atoms in total. The average Bonchev–Trinajstić information content (AvgIpc) is 3.21. The molecule has 1 aliphatic rings. The van der Waals surface area contributed by atoms with Crippen LogP contribution in [-0.4, -0.2) is 23.8 Å². The van der Waals surface area contributed by atoms with Gasteiger partial charge < -0.3 is 24.9 Å². The molecule has 0 saturated heterocycles. The number of amides is 2. The molecule has 2 amide bonds. The molecule has 1 aromatic heterocycles. The van der Waals surface area contributed by atoms with Crippen LogP contribution in [-0.2, 0) is 0 Å². The monoisotopic (exact) mass is 344 g/mol. The highest BCUT2D eigenvalue weighted by Crippen LogP contribution is 2.36. The van der Waals surface area contributed by atoms with Gasteiger partial charge in [-0.25, -0.2) is 4.79 Å². The molecule has 134 valence electrons. The number of aliphatic hydroxyl groups excluding tert-OH is 1. The van der Waals surface area contributed by atoms with Crippen molar-refractivity contribution < 1.29 is 19.1 Å². The summed E-state index contributed by atoms with van der Waals surface area (Å²) in [4.78, 5) is 12.3. The Hall–Kier alpha value is -2.47. The predicted octanol–water partition coefficient (Wildman–Crippen LogP) is 3.14. The first-order valence-corrected chi connectivity index (χ1v) is 8.47. The van der Waals surface area contributed by atoms with Crippen LogP contribution in [0.5, 0.6) is 5.75 Å². The highest BCUT2D eigenvalue weighted by atomic mass is 16.5. The number of aryl methyl sites for hydroxylation is 1. The highest BCUT2D eigenvalue weighted by Gasteiger charge is 2.28. The number of hydrogen-bond acceptors (Lipinski definition) is 4. The van der Waals surface area contributed by atoms with Crippen LogP contribution in [0.3, 0.4) is 0 Å². The zero-order chi connectivity index (χ0) is 18.0. The summed E-state index contributed by atoms with van der Waals surface area (Å²) in [5, 5.41) is 15.9. The lowest BCUT2D eigenvalue weighted by atomic mass is 10.0. The predicted molar refractivity (Wildman–Crippen MR) is 93.6 cm³/mol. The average molecular weight is 344 g/mol. The molecule has 3 atom stereocenters. The molecule has 25 heavy (non-hydrogen) atoms. The fourth-order valence-electron chi connectivity index (χ4n) is 3.07. The van der Waals surface area contributed by atoms with Crippen LogP contribution in [0.1, 0.15) is 47.9 Å². The lowest BCUT2D eigenvalue weighted by Crippen LogP contribution is -2.43. The first kappa shape index (κ1) is 17.4. The van der Waals surface area contributed by atoms with Gasteiger partial charge in [0.05, 0.1) is 12.3 Å². The van der Waals surface area contributed by atoms with Gasteiger partial charge in [0.15, 0.2) is 0 Å². The minimum atomic E-state index is -0.744. The van der Waals surface area contributed by atoms with Gasteiger partial charge in [0.2, 0.25) is 0 Å². The van der Waals surface area contributed by atoms with E-state index < -0.39 is 6.10 Å². The van der Waals surface area contributed by atoms with Crippen molar-refractivity contribution >= 4 is 6.03 Å². The van der Waals surface area contributed by atoms with Gasteiger partial charge in [-0.3, -0.25) is 0 Å². The van der Waals surface area contributed by atoms with Crippen molar-refractivity contribution in [1.29, 1.82) is 0 Å². The van der Waals surface area contributed by atoms with Crippen LogP contribution in [0.15, 0.2) is 34.9 Å². The van der Waals surface area contributed by atoms with Crippen molar-refractivity contribution in [2.45, 2.75) is 45.4 Å². The Morgan fingerprint density at radius 2 is 2.16 bits per heavy atom. The molecule has 1 aromatic carbocycles. The minimum absolute atomic E-state index is 0.170. The maximum Gasteiger partial charge on any atom is 0.315 e. The van der Waals surface area contributed by atoms with Crippen molar-refractivity contribution in [3.05, 3.63) is 53.0 Å². The lowest BCUT2D eigenvalue weighted by Gasteiger charge is -2.19. The van der Waals surface area contributed by atoms with Crippen LogP contribution in [0, 0.1) is 13.8 Å². The van der Waals surface area contributed by atoms with Gasteiger partial charge >= 0.3 is 6.03 Å². The molecular weight excluding hydrogens is 320 g/mol. The lowest BCUT2D eigenvalue weighted by molar-refractivity contribution is 0.129. The number of benzene rings is 1. The summed E-state index contributed by atoms with van der Waals surface area (Å²) in [7, 11) is 0. The van der Waals surface area contributed by atoms with E-state index >= 15 is 0 Å². The maximum absolute atomic E-state index is 12.3. The van der Waals surface area contributed by atoms with Gasteiger partial charge in [0.25, 0.3) is 0 Å². The minimum Gasteiger partial charge on any atom is -0.490 e. The molecule has 3 rings (SSSR count). The van der Waals surface area contributed by atoms with Crippen molar-refractivity contribution in [2.75, 3.05) is 6.61 Å². The Bertz CT molecular complexity index is 742. The molecule has 0 spiro atoms. The van der Waals surface area contributed by atoms with Gasteiger partial charge in [0, 0.05) is 18.0 Å². The summed E-state index contributed by atoms with van der Waals surface area (Å²) in [5.74, 6) is 1.37. The van der Waals surface area contributed by atoms with E-state index in [-0.39, 0.29) is 18.1 Å². The number of nitrogens with one attached hydrogen (secondary N) is 2. The number of hydrogen-bond donors (Lipinski definition) is 3. The molecule has 0 radical (unpaired) electrons. The summed E-state index contributed by atoms with van der Waals surface area (Å²) in [6.07, 6.45) is 1.15. The number of fused-ring (bicyclic) bond motifs is 1. The smallest absolute Gasteiger partial charge is 0.315 e.